The van der Waals surface area contributed by atoms with E-state index >= 15 is 0 Å². The minimum atomic E-state index is -1.03. The SMILES string of the molecule is O=C(Nc1ccc(C[C@@H]2CC[C@H](C(O)c3ccccc3)N2C(=O)O)cc1)[C@H]1CCc2cccc(=O)n21. The fraction of sp³-hybridized carbons (Fsp3) is 0.321. The Morgan fingerprint density at radius 3 is 2.42 bits per heavy atom. The minimum absolute atomic E-state index is 0.171. The highest BCUT2D eigenvalue weighted by atomic mass is 16.4. The summed E-state index contributed by atoms with van der Waals surface area (Å²) in [5.41, 5.74) is 2.98. The van der Waals surface area contributed by atoms with Gasteiger partial charge < -0.3 is 20.1 Å². The smallest absolute Gasteiger partial charge is 0.407 e. The van der Waals surface area contributed by atoms with Crippen LogP contribution in [0.15, 0.2) is 77.6 Å². The van der Waals surface area contributed by atoms with Crippen LogP contribution in [-0.2, 0) is 17.6 Å². The minimum Gasteiger partial charge on any atom is -0.465 e. The van der Waals surface area contributed by atoms with E-state index in [1.54, 1.807) is 22.8 Å². The molecule has 5 rings (SSSR count). The van der Waals surface area contributed by atoms with Gasteiger partial charge in [-0.05, 0) is 61.4 Å². The van der Waals surface area contributed by atoms with E-state index in [0.29, 0.717) is 43.4 Å². The number of aromatic nitrogens is 1. The van der Waals surface area contributed by atoms with Gasteiger partial charge in [0.25, 0.3) is 5.56 Å². The number of aliphatic hydroxyl groups excluding tert-OH is 1. The summed E-state index contributed by atoms with van der Waals surface area (Å²) >= 11 is 0. The number of aryl methyl sites for hydroxylation is 1. The number of amides is 2. The lowest BCUT2D eigenvalue weighted by Gasteiger charge is -2.31. The molecule has 3 aromatic rings. The summed E-state index contributed by atoms with van der Waals surface area (Å²) in [7, 11) is 0. The molecule has 0 spiro atoms. The van der Waals surface area contributed by atoms with Crippen LogP contribution in [0.2, 0.25) is 0 Å². The van der Waals surface area contributed by atoms with Gasteiger partial charge in [-0.2, -0.15) is 0 Å². The molecule has 3 heterocycles. The van der Waals surface area contributed by atoms with E-state index in [-0.39, 0.29) is 17.5 Å². The Balaban J connectivity index is 1.24. The number of anilines is 1. The van der Waals surface area contributed by atoms with Crippen molar-refractivity contribution in [1.82, 2.24) is 9.47 Å². The largest absolute Gasteiger partial charge is 0.465 e. The quantitative estimate of drug-likeness (QED) is 0.490. The molecule has 8 nitrogen and oxygen atoms in total. The number of fused-ring (bicyclic) bond motifs is 1. The van der Waals surface area contributed by atoms with Gasteiger partial charge in [0.15, 0.2) is 0 Å². The number of benzene rings is 2. The number of nitrogens with zero attached hydrogens (tertiary/aromatic N) is 2. The summed E-state index contributed by atoms with van der Waals surface area (Å²) in [4.78, 5) is 38.6. The summed E-state index contributed by atoms with van der Waals surface area (Å²) in [5.74, 6) is -0.222. The molecule has 0 saturated carbocycles. The van der Waals surface area contributed by atoms with Crippen LogP contribution in [0.3, 0.4) is 0 Å². The van der Waals surface area contributed by atoms with Crippen molar-refractivity contribution < 1.29 is 19.8 Å². The number of nitrogens with one attached hydrogen (secondary N) is 1. The zero-order valence-electron chi connectivity index (χ0n) is 19.8. The van der Waals surface area contributed by atoms with E-state index in [1.807, 2.05) is 48.5 Å². The molecule has 0 aliphatic carbocycles. The van der Waals surface area contributed by atoms with Gasteiger partial charge in [0.05, 0.1) is 12.1 Å². The molecule has 0 radical (unpaired) electrons. The molecule has 2 aromatic carbocycles. The molecule has 186 valence electrons. The predicted molar refractivity (Wildman–Crippen MR) is 135 cm³/mol. The maximum Gasteiger partial charge on any atom is 0.407 e. The summed E-state index contributed by atoms with van der Waals surface area (Å²) in [6.07, 6.45) is 1.13. The number of carbonyl (C=O) groups is 2. The highest BCUT2D eigenvalue weighted by Gasteiger charge is 2.41. The van der Waals surface area contributed by atoms with Gasteiger partial charge in [-0.1, -0.05) is 48.5 Å². The number of carbonyl (C=O) groups excluding carboxylic acids is 1. The number of pyridine rings is 1. The van der Waals surface area contributed by atoms with E-state index in [1.165, 1.54) is 11.0 Å². The lowest BCUT2D eigenvalue weighted by molar-refractivity contribution is -0.119. The van der Waals surface area contributed by atoms with Crippen LogP contribution in [0.5, 0.6) is 0 Å². The first-order chi connectivity index (χ1) is 17.4. The topological polar surface area (TPSA) is 112 Å². The van der Waals surface area contributed by atoms with Crippen molar-refractivity contribution in [3.8, 4) is 0 Å². The molecule has 1 fully saturated rings. The van der Waals surface area contributed by atoms with E-state index < -0.39 is 24.3 Å². The third kappa shape index (κ3) is 4.64. The zero-order valence-corrected chi connectivity index (χ0v) is 19.8. The number of aliphatic hydroxyl groups is 1. The predicted octanol–water partition coefficient (Wildman–Crippen LogP) is 3.76. The van der Waals surface area contributed by atoms with Gasteiger partial charge in [0, 0.05) is 23.5 Å². The molecule has 1 saturated heterocycles. The Kier molecular flexibility index (Phi) is 6.61. The van der Waals surface area contributed by atoms with Crippen molar-refractivity contribution >= 4 is 17.7 Å². The molecule has 2 amide bonds. The molecule has 8 heteroatoms. The number of rotatable bonds is 6. The molecule has 4 atom stereocenters. The van der Waals surface area contributed by atoms with Crippen LogP contribution in [0.1, 0.15) is 48.2 Å². The van der Waals surface area contributed by atoms with Gasteiger partial charge >= 0.3 is 6.09 Å². The van der Waals surface area contributed by atoms with Gasteiger partial charge in [-0.25, -0.2) is 4.79 Å². The Hall–Kier alpha value is -3.91. The normalized spacial score (nSPS) is 21.7. The molecule has 2 aliphatic rings. The van der Waals surface area contributed by atoms with Crippen molar-refractivity contribution in [2.75, 3.05) is 5.32 Å². The van der Waals surface area contributed by atoms with E-state index in [0.717, 1.165) is 11.3 Å². The van der Waals surface area contributed by atoms with E-state index in [9.17, 15) is 24.6 Å². The molecule has 36 heavy (non-hydrogen) atoms. The summed E-state index contributed by atoms with van der Waals surface area (Å²) in [5, 5.41) is 23.7. The number of hydrogen-bond acceptors (Lipinski definition) is 4. The molecule has 1 aromatic heterocycles. The highest BCUT2D eigenvalue weighted by Crippen LogP contribution is 2.35. The lowest BCUT2D eigenvalue weighted by atomic mass is 10.0. The summed E-state index contributed by atoms with van der Waals surface area (Å²) < 4.78 is 1.56. The second-order valence-electron chi connectivity index (χ2n) is 9.51. The maximum atomic E-state index is 12.9. The maximum absolute atomic E-state index is 12.9. The van der Waals surface area contributed by atoms with Crippen LogP contribution in [0.4, 0.5) is 10.5 Å². The van der Waals surface area contributed by atoms with Crippen LogP contribution >= 0.6 is 0 Å². The highest BCUT2D eigenvalue weighted by molar-refractivity contribution is 5.94. The monoisotopic (exact) mass is 487 g/mol. The molecule has 1 unspecified atom stereocenters. The van der Waals surface area contributed by atoms with E-state index in [2.05, 4.69) is 5.32 Å². The Labute approximate surface area is 208 Å². The standard InChI is InChI=1S/C28H29N3O5/c32-25-8-4-7-21-13-16-24(30(21)25)27(34)29-20-11-9-18(10-12-20)17-22-14-15-23(31(22)28(35)36)26(33)19-5-2-1-3-6-19/h1-12,22-24,26,33H,13-17H2,(H,29,34)(H,35,36)/t22-,23+,24+,26?/m0/s1. The Bertz CT molecular complexity index is 1300. The summed E-state index contributed by atoms with van der Waals surface area (Å²) in [6.45, 7) is 0. The third-order valence-corrected chi connectivity index (χ3v) is 7.33. The average molecular weight is 488 g/mol. The molecule has 0 bridgehead atoms. The number of carboxylic acid groups (broad SMARTS) is 1. The third-order valence-electron chi connectivity index (χ3n) is 7.33. The van der Waals surface area contributed by atoms with Gasteiger partial charge in [-0.3, -0.25) is 14.5 Å². The Morgan fingerprint density at radius 2 is 1.69 bits per heavy atom. The summed E-state index contributed by atoms with van der Waals surface area (Å²) in [6, 6.07) is 20.3. The van der Waals surface area contributed by atoms with Crippen LogP contribution in [0, 0.1) is 0 Å². The van der Waals surface area contributed by atoms with Gasteiger partial charge in [0.2, 0.25) is 5.91 Å². The van der Waals surface area contributed by atoms with Crippen molar-refractivity contribution in [1.29, 1.82) is 0 Å². The fourth-order valence-electron chi connectivity index (χ4n) is 5.58. The van der Waals surface area contributed by atoms with Gasteiger partial charge in [-0.15, -0.1) is 0 Å². The Morgan fingerprint density at radius 1 is 0.944 bits per heavy atom. The lowest BCUT2D eigenvalue weighted by Crippen LogP contribution is -2.44. The number of likely N-dealkylation sites (tertiary alicyclic amines) is 1. The fourth-order valence-corrected chi connectivity index (χ4v) is 5.58. The van der Waals surface area contributed by atoms with Crippen molar-refractivity contribution in [2.24, 2.45) is 0 Å². The first-order valence-electron chi connectivity index (χ1n) is 12.3. The van der Waals surface area contributed by atoms with Crippen LogP contribution in [-0.4, -0.2) is 43.8 Å². The van der Waals surface area contributed by atoms with Crippen LogP contribution in [0.25, 0.3) is 0 Å². The van der Waals surface area contributed by atoms with Crippen LogP contribution < -0.4 is 10.9 Å². The average Bonchev–Trinajstić information content (AvgIpc) is 3.51. The second-order valence-corrected chi connectivity index (χ2v) is 9.51. The first-order valence-corrected chi connectivity index (χ1v) is 12.3. The zero-order chi connectivity index (χ0) is 25.2. The number of hydrogen-bond donors (Lipinski definition) is 3. The second kappa shape index (κ2) is 9.99. The van der Waals surface area contributed by atoms with Crippen molar-refractivity contribution in [2.45, 2.75) is 56.3 Å². The van der Waals surface area contributed by atoms with E-state index in [4.69, 9.17) is 0 Å². The van der Waals surface area contributed by atoms with Crippen molar-refractivity contribution in [3.05, 3.63) is 100.0 Å². The van der Waals surface area contributed by atoms with Gasteiger partial charge in [0.1, 0.15) is 6.04 Å². The molecule has 2 aliphatic heterocycles. The van der Waals surface area contributed by atoms with Crippen molar-refractivity contribution in [3.63, 3.8) is 0 Å². The molecular weight excluding hydrogens is 458 g/mol. The molecular formula is C28H29N3O5. The first kappa shape index (κ1) is 23.8. The molecule has 3 N–H and O–H groups in total.